The molecular weight excluding hydrogens is 224 g/mol. The van der Waals surface area contributed by atoms with Crippen LogP contribution in [0.5, 0.6) is 0 Å². The number of nitrogens with zero attached hydrogens (tertiary/aromatic N) is 3. The summed E-state index contributed by atoms with van der Waals surface area (Å²) >= 11 is 0. The maximum atomic E-state index is 4.31. The maximum absolute atomic E-state index is 4.31. The SMILES string of the molecule is CC(C)N(C)CCCn1cncc1C1CCCN1. The summed E-state index contributed by atoms with van der Waals surface area (Å²) in [4.78, 5) is 6.70. The van der Waals surface area contributed by atoms with Gasteiger partial charge in [0.25, 0.3) is 0 Å². The van der Waals surface area contributed by atoms with E-state index in [0.717, 1.165) is 19.6 Å². The Bertz CT molecular complexity index is 352. The molecule has 0 saturated carbocycles. The topological polar surface area (TPSA) is 33.1 Å². The number of aromatic nitrogens is 2. The summed E-state index contributed by atoms with van der Waals surface area (Å²) in [7, 11) is 2.19. The van der Waals surface area contributed by atoms with Gasteiger partial charge in [0.1, 0.15) is 0 Å². The molecule has 1 aromatic rings. The zero-order valence-corrected chi connectivity index (χ0v) is 11.9. The molecule has 1 N–H and O–H groups in total. The average Bonchev–Trinajstić information content (AvgIpc) is 2.98. The third-order valence-electron chi connectivity index (χ3n) is 3.95. The van der Waals surface area contributed by atoms with E-state index >= 15 is 0 Å². The van der Waals surface area contributed by atoms with Gasteiger partial charge in [-0.3, -0.25) is 0 Å². The molecule has 1 aliphatic rings. The van der Waals surface area contributed by atoms with Crippen LogP contribution >= 0.6 is 0 Å². The van der Waals surface area contributed by atoms with Crippen LogP contribution < -0.4 is 5.32 Å². The number of aryl methyl sites for hydroxylation is 1. The van der Waals surface area contributed by atoms with E-state index in [9.17, 15) is 0 Å². The van der Waals surface area contributed by atoms with Gasteiger partial charge in [-0.1, -0.05) is 0 Å². The Labute approximate surface area is 110 Å². The van der Waals surface area contributed by atoms with Gasteiger partial charge in [-0.2, -0.15) is 0 Å². The molecule has 18 heavy (non-hydrogen) atoms. The van der Waals surface area contributed by atoms with Crippen molar-refractivity contribution in [3.8, 4) is 0 Å². The minimum Gasteiger partial charge on any atom is -0.333 e. The van der Waals surface area contributed by atoms with Gasteiger partial charge < -0.3 is 14.8 Å². The van der Waals surface area contributed by atoms with Crippen LogP contribution in [0.15, 0.2) is 12.5 Å². The van der Waals surface area contributed by atoms with E-state index in [1.165, 1.54) is 25.0 Å². The highest BCUT2D eigenvalue weighted by Crippen LogP contribution is 2.22. The van der Waals surface area contributed by atoms with E-state index in [1.807, 2.05) is 12.5 Å². The van der Waals surface area contributed by atoms with Gasteiger partial charge in [0.05, 0.1) is 12.0 Å². The number of nitrogens with one attached hydrogen (secondary N) is 1. The Hall–Kier alpha value is -0.870. The summed E-state index contributed by atoms with van der Waals surface area (Å²) in [5.41, 5.74) is 1.36. The normalized spacial score (nSPS) is 20.2. The average molecular weight is 250 g/mol. The molecule has 0 aliphatic carbocycles. The van der Waals surface area contributed by atoms with Crippen molar-refractivity contribution in [2.45, 2.75) is 51.7 Å². The Morgan fingerprint density at radius 3 is 3.06 bits per heavy atom. The minimum absolute atomic E-state index is 0.523. The highest BCUT2D eigenvalue weighted by atomic mass is 15.1. The summed E-state index contributed by atoms with van der Waals surface area (Å²) in [6.07, 6.45) is 7.72. The summed E-state index contributed by atoms with van der Waals surface area (Å²) in [5, 5.41) is 3.55. The lowest BCUT2D eigenvalue weighted by Crippen LogP contribution is -2.28. The van der Waals surface area contributed by atoms with Gasteiger partial charge in [0.15, 0.2) is 0 Å². The second-order valence-corrected chi connectivity index (χ2v) is 5.59. The highest BCUT2D eigenvalue weighted by Gasteiger charge is 2.19. The number of imidazole rings is 1. The number of hydrogen-bond donors (Lipinski definition) is 1. The fourth-order valence-electron chi connectivity index (χ4n) is 2.49. The van der Waals surface area contributed by atoms with E-state index < -0.39 is 0 Å². The van der Waals surface area contributed by atoms with Gasteiger partial charge in [-0.25, -0.2) is 4.98 Å². The third kappa shape index (κ3) is 3.33. The Kier molecular flexibility index (Phi) is 4.78. The van der Waals surface area contributed by atoms with Crippen molar-refractivity contribution in [3.63, 3.8) is 0 Å². The Balaban J connectivity index is 1.84. The molecule has 1 unspecified atom stereocenters. The molecule has 2 rings (SSSR count). The van der Waals surface area contributed by atoms with Crippen LogP contribution in [0.2, 0.25) is 0 Å². The quantitative estimate of drug-likeness (QED) is 0.838. The summed E-state index contributed by atoms with van der Waals surface area (Å²) < 4.78 is 2.32. The van der Waals surface area contributed by atoms with Crippen LogP contribution in [0.4, 0.5) is 0 Å². The first-order valence-electron chi connectivity index (χ1n) is 7.12. The van der Waals surface area contributed by atoms with E-state index in [-0.39, 0.29) is 0 Å². The summed E-state index contributed by atoms with van der Waals surface area (Å²) in [6, 6.07) is 1.15. The maximum Gasteiger partial charge on any atom is 0.0948 e. The summed E-state index contributed by atoms with van der Waals surface area (Å²) in [6.45, 7) is 7.85. The van der Waals surface area contributed by atoms with E-state index in [2.05, 4.69) is 40.7 Å². The first-order valence-corrected chi connectivity index (χ1v) is 7.12. The molecule has 4 heteroatoms. The zero-order chi connectivity index (χ0) is 13.0. The smallest absolute Gasteiger partial charge is 0.0948 e. The van der Waals surface area contributed by atoms with Crippen molar-refractivity contribution >= 4 is 0 Å². The van der Waals surface area contributed by atoms with Gasteiger partial charge in [-0.05, 0) is 53.2 Å². The minimum atomic E-state index is 0.523. The summed E-state index contributed by atoms with van der Waals surface area (Å²) in [5.74, 6) is 0. The second kappa shape index (κ2) is 6.34. The van der Waals surface area contributed by atoms with Crippen molar-refractivity contribution in [3.05, 3.63) is 18.2 Å². The molecule has 0 aromatic carbocycles. The first kappa shape index (κ1) is 13.6. The first-order chi connectivity index (χ1) is 8.68. The van der Waals surface area contributed by atoms with Gasteiger partial charge >= 0.3 is 0 Å². The van der Waals surface area contributed by atoms with Crippen LogP contribution in [0.3, 0.4) is 0 Å². The third-order valence-corrected chi connectivity index (χ3v) is 3.95. The zero-order valence-electron chi connectivity index (χ0n) is 11.9. The van der Waals surface area contributed by atoms with Crippen molar-refractivity contribution in [1.82, 2.24) is 19.8 Å². The van der Waals surface area contributed by atoms with Crippen molar-refractivity contribution in [1.29, 1.82) is 0 Å². The molecule has 4 nitrogen and oxygen atoms in total. The van der Waals surface area contributed by atoms with Crippen molar-refractivity contribution in [2.75, 3.05) is 20.1 Å². The molecule has 0 radical (unpaired) electrons. The monoisotopic (exact) mass is 250 g/mol. The molecular formula is C14H26N4. The largest absolute Gasteiger partial charge is 0.333 e. The van der Waals surface area contributed by atoms with Gasteiger partial charge in [0.2, 0.25) is 0 Å². The van der Waals surface area contributed by atoms with E-state index in [0.29, 0.717) is 12.1 Å². The van der Waals surface area contributed by atoms with E-state index in [4.69, 9.17) is 0 Å². The molecule has 1 fully saturated rings. The molecule has 0 spiro atoms. The predicted octanol–water partition coefficient (Wildman–Crippen LogP) is 2.04. The standard InChI is InChI=1S/C14H26N4/c1-12(2)17(3)8-5-9-18-11-15-10-14(18)13-6-4-7-16-13/h10-13,16H,4-9H2,1-3H3. The molecule has 102 valence electrons. The van der Waals surface area contributed by atoms with Crippen molar-refractivity contribution in [2.24, 2.45) is 0 Å². The fraction of sp³-hybridized carbons (Fsp3) is 0.786. The molecule has 0 amide bonds. The lowest BCUT2D eigenvalue weighted by molar-refractivity contribution is 0.264. The lowest BCUT2D eigenvalue weighted by atomic mass is 10.2. The molecule has 0 bridgehead atoms. The second-order valence-electron chi connectivity index (χ2n) is 5.59. The highest BCUT2D eigenvalue weighted by molar-refractivity contribution is 5.07. The van der Waals surface area contributed by atoms with Crippen LogP contribution in [-0.2, 0) is 6.54 Å². The van der Waals surface area contributed by atoms with Crippen LogP contribution in [0.1, 0.15) is 44.8 Å². The number of hydrogen-bond acceptors (Lipinski definition) is 3. The Morgan fingerprint density at radius 2 is 2.39 bits per heavy atom. The Morgan fingerprint density at radius 1 is 1.56 bits per heavy atom. The van der Waals surface area contributed by atoms with Crippen LogP contribution in [0.25, 0.3) is 0 Å². The fourth-order valence-corrected chi connectivity index (χ4v) is 2.49. The van der Waals surface area contributed by atoms with Gasteiger partial charge in [0, 0.05) is 24.8 Å². The molecule has 1 atom stereocenters. The predicted molar refractivity (Wildman–Crippen MR) is 74.6 cm³/mol. The van der Waals surface area contributed by atoms with Crippen LogP contribution in [0, 0.1) is 0 Å². The van der Waals surface area contributed by atoms with E-state index in [1.54, 1.807) is 0 Å². The molecule has 1 saturated heterocycles. The number of rotatable bonds is 6. The molecule has 2 heterocycles. The van der Waals surface area contributed by atoms with Gasteiger partial charge in [-0.15, -0.1) is 0 Å². The molecule has 1 aromatic heterocycles. The van der Waals surface area contributed by atoms with Crippen LogP contribution in [-0.4, -0.2) is 40.6 Å². The van der Waals surface area contributed by atoms with Crippen molar-refractivity contribution < 1.29 is 0 Å². The lowest BCUT2D eigenvalue weighted by Gasteiger charge is -2.21. The molecule has 1 aliphatic heterocycles.